The van der Waals surface area contributed by atoms with Gasteiger partial charge in [-0.3, -0.25) is 19.4 Å². The van der Waals surface area contributed by atoms with Crippen LogP contribution in [0, 0.1) is 23.2 Å². The van der Waals surface area contributed by atoms with Crippen LogP contribution >= 0.6 is 0 Å². The minimum atomic E-state index is -1.42. The van der Waals surface area contributed by atoms with E-state index in [-0.39, 0.29) is 12.4 Å². The first kappa shape index (κ1) is 15.8. The van der Waals surface area contributed by atoms with Crippen molar-refractivity contribution in [2.45, 2.75) is 19.6 Å². The molecular formula is C14H17N3O5. The van der Waals surface area contributed by atoms with Gasteiger partial charge in [0, 0.05) is 14.1 Å². The molecule has 2 aliphatic heterocycles. The molecule has 0 spiro atoms. The smallest absolute Gasteiger partial charge is 0.329 e. The Morgan fingerprint density at radius 1 is 1.50 bits per heavy atom. The van der Waals surface area contributed by atoms with Gasteiger partial charge in [-0.15, -0.1) is 0 Å². The predicted octanol–water partition coefficient (Wildman–Crippen LogP) is 0.460. The summed E-state index contributed by atoms with van der Waals surface area (Å²) in [6.07, 6.45) is 1.28. The van der Waals surface area contributed by atoms with Crippen LogP contribution in [0.15, 0.2) is 11.8 Å². The summed E-state index contributed by atoms with van der Waals surface area (Å²) in [5, 5.41) is 9.10. The van der Waals surface area contributed by atoms with E-state index in [1.807, 2.05) is 6.07 Å². The minimum Gasteiger partial charge on any atom is -0.466 e. The molecule has 0 aromatic heterocycles. The average molecular weight is 307 g/mol. The molecule has 0 bridgehead atoms. The van der Waals surface area contributed by atoms with Gasteiger partial charge in [0.05, 0.1) is 12.5 Å². The second-order valence-electron chi connectivity index (χ2n) is 5.29. The van der Waals surface area contributed by atoms with Gasteiger partial charge >= 0.3 is 12.0 Å². The molecular weight excluding hydrogens is 290 g/mol. The summed E-state index contributed by atoms with van der Waals surface area (Å²) in [4.78, 5) is 39.0. The maximum atomic E-state index is 12.5. The number of fused-ring (bicyclic) bond motifs is 1. The van der Waals surface area contributed by atoms with E-state index in [4.69, 9.17) is 14.7 Å². The third-order valence-electron chi connectivity index (χ3n) is 4.09. The molecule has 118 valence electrons. The highest BCUT2D eigenvalue weighted by atomic mass is 16.5. The van der Waals surface area contributed by atoms with Gasteiger partial charge in [0.2, 0.25) is 5.91 Å². The van der Waals surface area contributed by atoms with E-state index >= 15 is 0 Å². The van der Waals surface area contributed by atoms with Crippen LogP contribution in [0.1, 0.15) is 13.8 Å². The Morgan fingerprint density at radius 2 is 2.14 bits per heavy atom. The number of ether oxygens (including phenoxy) is 2. The summed E-state index contributed by atoms with van der Waals surface area (Å²) in [7, 11) is 2.80. The number of urea groups is 1. The van der Waals surface area contributed by atoms with E-state index < -0.39 is 35.5 Å². The summed E-state index contributed by atoms with van der Waals surface area (Å²) in [5.74, 6) is -3.25. The van der Waals surface area contributed by atoms with Crippen LogP contribution in [-0.2, 0) is 19.1 Å². The van der Waals surface area contributed by atoms with Gasteiger partial charge in [-0.25, -0.2) is 4.79 Å². The number of nitriles is 1. The van der Waals surface area contributed by atoms with Gasteiger partial charge in [0.15, 0.2) is 11.5 Å². The fourth-order valence-electron chi connectivity index (χ4n) is 2.79. The summed E-state index contributed by atoms with van der Waals surface area (Å²) in [6, 6.07) is 1.25. The second kappa shape index (κ2) is 5.33. The Kier molecular flexibility index (Phi) is 3.83. The number of carbonyl (C=O) groups excluding carboxylic acids is 3. The number of hydrogen-bond donors (Lipinski definition) is 0. The molecule has 2 rings (SSSR count). The topological polar surface area (TPSA) is 99.9 Å². The molecule has 0 saturated carbocycles. The molecule has 0 aromatic carbocycles. The Hall–Kier alpha value is -2.56. The molecule has 1 fully saturated rings. The van der Waals surface area contributed by atoms with Crippen molar-refractivity contribution in [2.75, 3.05) is 20.7 Å². The van der Waals surface area contributed by atoms with E-state index in [0.717, 1.165) is 4.90 Å². The molecule has 3 atom stereocenters. The Morgan fingerprint density at radius 3 is 2.68 bits per heavy atom. The number of rotatable bonds is 2. The normalized spacial score (nSPS) is 31.0. The second-order valence-corrected chi connectivity index (χ2v) is 5.29. The SMILES string of the molecule is CCOC(=O)[C@@H]1C=C(C#N)O[C@]2(C)[C@@H]1C(=O)N(C)C(=O)N2C. The lowest BCUT2D eigenvalue weighted by molar-refractivity contribution is -0.190. The zero-order valence-corrected chi connectivity index (χ0v) is 12.8. The first-order valence-electron chi connectivity index (χ1n) is 6.80. The van der Waals surface area contributed by atoms with Crippen molar-refractivity contribution in [3.63, 3.8) is 0 Å². The van der Waals surface area contributed by atoms with E-state index in [2.05, 4.69) is 0 Å². The number of esters is 1. The fourth-order valence-corrected chi connectivity index (χ4v) is 2.79. The summed E-state index contributed by atoms with van der Waals surface area (Å²) < 4.78 is 10.5. The minimum absolute atomic E-state index is 0.117. The number of imide groups is 1. The molecule has 0 N–H and O–H groups in total. The fraction of sp³-hybridized carbons (Fsp3) is 0.571. The number of hydrogen-bond acceptors (Lipinski definition) is 6. The standard InChI is InChI=1S/C14H17N3O5/c1-5-21-12(19)9-6-8(7-15)22-14(2)10(9)11(18)16(3)13(20)17(14)4/h6,9-10H,5H2,1-4H3/t9-,10+,14-/m1/s1. The summed E-state index contributed by atoms with van der Waals surface area (Å²) in [6.45, 7) is 3.31. The van der Waals surface area contributed by atoms with Crippen molar-refractivity contribution < 1.29 is 23.9 Å². The summed E-state index contributed by atoms with van der Waals surface area (Å²) in [5.41, 5.74) is -1.42. The molecule has 8 nitrogen and oxygen atoms in total. The van der Waals surface area contributed by atoms with Crippen molar-refractivity contribution in [2.24, 2.45) is 11.8 Å². The molecule has 0 aliphatic carbocycles. The van der Waals surface area contributed by atoms with Crippen LogP contribution < -0.4 is 0 Å². The first-order chi connectivity index (χ1) is 10.3. The van der Waals surface area contributed by atoms with Crippen molar-refractivity contribution in [1.82, 2.24) is 9.80 Å². The Bertz CT molecular complexity index is 608. The van der Waals surface area contributed by atoms with E-state index in [0.29, 0.717) is 0 Å². The van der Waals surface area contributed by atoms with Crippen molar-refractivity contribution in [3.8, 4) is 6.07 Å². The Labute approximate surface area is 127 Å². The van der Waals surface area contributed by atoms with Gasteiger partial charge in [-0.1, -0.05) is 0 Å². The highest BCUT2D eigenvalue weighted by Gasteiger charge is 2.60. The lowest BCUT2D eigenvalue weighted by atomic mass is 9.78. The molecule has 22 heavy (non-hydrogen) atoms. The van der Waals surface area contributed by atoms with Crippen LogP contribution in [0.5, 0.6) is 0 Å². The Balaban J connectivity index is 2.56. The molecule has 1 saturated heterocycles. The zero-order valence-electron chi connectivity index (χ0n) is 12.8. The van der Waals surface area contributed by atoms with Crippen molar-refractivity contribution in [1.29, 1.82) is 5.26 Å². The van der Waals surface area contributed by atoms with Crippen LogP contribution in [-0.4, -0.2) is 54.1 Å². The van der Waals surface area contributed by atoms with E-state index in [1.165, 1.54) is 32.0 Å². The highest BCUT2D eigenvalue weighted by Crippen LogP contribution is 2.43. The van der Waals surface area contributed by atoms with Gasteiger partial charge < -0.3 is 9.47 Å². The number of amides is 3. The maximum Gasteiger partial charge on any atom is 0.329 e. The van der Waals surface area contributed by atoms with Crippen LogP contribution in [0.3, 0.4) is 0 Å². The molecule has 0 aromatic rings. The van der Waals surface area contributed by atoms with Gasteiger partial charge in [0.25, 0.3) is 0 Å². The lowest BCUT2D eigenvalue weighted by Crippen LogP contribution is -2.69. The van der Waals surface area contributed by atoms with Crippen LogP contribution in [0.4, 0.5) is 4.79 Å². The van der Waals surface area contributed by atoms with E-state index in [9.17, 15) is 14.4 Å². The van der Waals surface area contributed by atoms with Gasteiger partial charge in [-0.2, -0.15) is 5.26 Å². The number of carbonyl (C=O) groups is 3. The summed E-state index contributed by atoms with van der Waals surface area (Å²) >= 11 is 0. The lowest BCUT2D eigenvalue weighted by Gasteiger charge is -2.51. The number of nitrogens with zero attached hydrogens (tertiary/aromatic N) is 3. The molecule has 2 aliphatic rings. The van der Waals surface area contributed by atoms with Gasteiger partial charge in [-0.05, 0) is 19.9 Å². The first-order valence-corrected chi connectivity index (χ1v) is 6.80. The molecule has 8 heteroatoms. The molecule has 3 amide bonds. The molecule has 2 heterocycles. The van der Waals surface area contributed by atoms with Crippen LogP contribution in [0.25, 0.3) is 0 Å². The van der Waals surface area contributed by atoms with Gasteiger partial charge in [0.1, 0.15) is 12.0 Å². The highest BCUT2D eigenvalue weighted by molar-refractivity contribution is 6.01. The predicted molar refractivity (Wildman–Crippen MR) is 72.7 cm³/mol. The van der Waals surface area contributed by atoms with Crippen molar-refractivity contribution >= 4 is 17.9 Å². The average Bonchev–Trinajstić information content (AvgIpc) is 2.50. The third kappa shape index (κ3) is 2.09. The molecule has 0 unspecified atom stereocenters. The molecule has 0 radical (unpaired) electrons. The maximum absolute atomic E-state index is 12.5. The van der Waals surface area contributed by atoms with E-state index in [1.54, 1.807) is 6.92 Å². The monoisotopic (exact) mass is 307 g/mol. The zero-order chi connectivity index (χ0) is 16.7. The quantitative estimate of drug-likeness (QED) is 0.687. The van der Waals surface area contributed by atoms with Crippen molar-refractivity contribution in [3.05, 3.63) is 11.8 Å². The number of allylic oxidation sites excluding steroid dienone is 1. The third-order valence-corrected chi connectivity index (χ3v) is 4.09. The largest absolute Gasteiger partial charge is 0.466 e. The van der Waals surface area contributed by atoms with Crippen LogP contribution in [0.2, 0.25) is 0 Å².